The molecule has 0 aromatic rings. The minimum absolute atomic E-state index is 0.0959. The van der Waals surface area contributed by atoms with Crippen LogP contribution in [0.4, 0.5) is 0 Å². The van der Waals surface area contributed by atoms with Crippen LogP contribution >= 0.6 is 0 Å². The van der Waals surface area contributed by atoms with E-state index in [0.29, 0.717) is 12.8 Å². The molecule has 0 heterocycles. The van der Waals surface area contributed by atoms with Crippen molar-refractivity contribution in [2.75, 3.05) is 0 Å². The summed E-state index contributed by atoms with van der Waals surface area (Å²) in [6.45, 7) is 1.54. The summed E-state index contributed by atoms with van der Waals surface area (Å²) >= 11 is 0. The molecule has 0 saturated heterocycles. The van der Waals surface area contributed by atoms with E-state index in [2.05, 4.69) is 10.6 Å². The number of carbonyl (C=O) groups is 3. The van der Waals surface area contributed by atoms with Crippen LogP contribution < -0.4 is 16.4 Å². The Bertz CT molecular complexity index is 438. The highest BCUT2D eigenvalue weighted by Crippen LogP contribution is 2.26. The van der Waals surface area contributed by atoms with Gasteiger partial charge >= 0.3 is 0 Å². The lowest BCUT2D eigenvalue weighted by Gasteiger charge is -2.32. The SMILES string of the molecule is C[C@H](NC(=O)C1(N)CCCCC1)C(=O)C(=O)NC1CCCC1. The van der Waals surface area contributed by atoms with Crippen molar-refractivity contribution in [2.24, 2.45) is 5.73 Å². The molecular formula is C16H27N3O3. The molecular weight excluding hydrogens is 282 g/mol. The molecule has 2 fully saturated rings. The zero-order valence-electron chi connectivity index (χ0n) is 13.3. The number of nitrogens with two attached hydrogens (primary N) is 1. The van der Waals surface area contributed by atoms with Crippen molar-refractivity contribution in [3.05, 3.63) is 0 Å². The summed E-state index contributed by atoms with van der Waals surface area (Å²) in [6.07, 6.45) is 8.22. The van der Waals surface area contributed by atoms with Crippen molar-refractivity contribution < 1.29 is 14.4 Å². The first-order valence-corrected chi connectivity index (χ1v) is 8.37. The Morgan fingerprint density at radius 2 is 1.64 bits per heavy atom. The second-order valence-corrected chi connectivity index (χ2v) is 6.73. The molecule has 4 N–H and O–H groups in total. The molecule has 2 aliphatic carbocycles. The highest BCUT2D eigenvalue weighted by Gasteiger charge is 2.37. The summed E-state index contributed by atoms with van der Waals surface area (Å²) in [5.41, 5.74) is 5.24. The Balaban J connectivity index is 1.84. The van der Waals surface area contributed by atoms with Crippen LogP contribution in [0.2, 0.25) is 0 Å². The molecule has 2 rings (SSSR count). The van der Waals surface area contributed by atoms with Crippen molar-refractivity contribution in [2.45, 2.75) is 82.3 Å². The molecule has 0 bridgehead atoms. The van der Waals surface area contributed by atoms with E-state index in [1.807, 2.05) is 0 Å². The van der Waals surface area contributed by atoms with Crippen LogP contribution in [0, 0.1) is 0 Å². The summed E-state index contributed by atoms with van der Waals surface area (Å²) in [5, 5.41) is 5.37. The molecule has 1 atom stereocenters. The van der Waals surface area contributed by atoms with Gasteiger partial charge in [-0.25, -0.2) is 0 Å². The van der Waals surface area contributed by atoms with Crippen molar-refractivity contribution in [3.8, 4) is 0 Å². The maximum atomic E-state index is 12.3. The number of Topliss-reactive ketones (excluding diaryl/α,β-unsaturated/α-hetero) is 1. The zero-order chi connectivity index (χ0) is 16.2. The van der Waals surface area contributed by atoms with Gasteiger partial charge in [-0.15, -0.1) is 0 Å². The number of hydrogen-bond donors (Lipinski definition) is 3. The van der Waals surface area contributed by atoms with Gasteiger partial charge in [-0.3, -0.25) is 14.4 Å². The van der Waals surface area contributed by atoms with Crippen LogP contribution in [-0.4, -0.2) is 35.2 Å². The summed E-state index contributed by atoms with van der Waals surface area (Å²) in [4.78, 5) is 36.3. The van der Waals surface area contributed by atoms with Crippen LogP contribution in [0.1, 0.15) is 64.7 Å². The predicted octanol–water partition coefficient (Wildman–Crippen LogP) is 0.781. The minimum atomic E-state index is -0.894. The highest BCUT2D eigenvalue weighted by molar-refractivity contribution is 6.38. The fourth-order valence-corrected chi connectivity index (χ4v) is 3.34. The van der Waals surface area contributed by atoms with E-state index < -0.39 is 23.3 Å². The van der Waals surface area contributed by atoms with Crippen LogP contribution in [0.3, 0.4) is 0 Å². The largest absolute Gasteiger partial charge is 0.347 e. The lowest BCUT2D eigenvalue weighted by Crippen LogP contribution is -2.59. The van der Waals surface area contributed by atoms with E-state index >= 15 is 0 Å². The second-order valence-electron chi connectivity index (χ2n) is 6.73. The van der Waals surface area contributed by atoms with Gasteiger partial charge in [0.2, 0.25) is 11.7 Å². The third kappa shape index (κ3) is 4.06. The van der Waals surface area contributed by atoms with E-state index in [1.165, 1.54) is 0 Å². The van der Waals surface area contributed by atoms with Crippen LogP contribution in [0.5, 0.6) is 0 Å². The van der Waals surface area contributed by atoms with E-state index in [0.717, 1.165) is 44.9 Å². The molecule has 0 aliphatic heterocycles. The number of rotatable bonds is 5. The Morgan fingerprint density at radius 1 is 1.05 bits per heavy atom. The third-order valence-corrected chi connectivity index (χ3v) is 4.85. The summed E-state index contributed by atoms with van der Waals surface area (Å²) in [7, 11) is 0. The predicted molar refractivity (Wildman–Crippen MR) is 83.0 cm³/mol. The normalized spacial score (nSPS) is 22.8. The molecule has 0 spiro atoms. The fourth-order valence-electron chi connectivity index (χ4n) is 3.34. The first kappa shape index (κ1) is 16.9. The molecule has 6 nitrogen and oxygen atoms in total. The smallest absolute Gasteiger partial charge is 0.289 e. The molecule has 2 amide bonds. The fraction of sp³-hybridized carbons (Fsp3) is 0.812. The molecule has 124 valence electrons. The summed E-state index contributed by atoms with van der Waals surface area (Å²) in [6, 6.07) is -0.741. The Kier molecular flexibility index (Phi) is 5.56. The average Bonchev–Trinajstić information content (AvgIpc) is 3.00. The molecule has 0 unspecified atom stereocenters. The first-order valence-electron chi connectivity index (χ1n) is 8.37. The maximum absolute atomic E-state index is 12.3. The lowest BCUT2D eigenvalue weighted by molar-refractivity contribution is -0.140. The van der Waals surface area contributed by atoms with Gasteiger partial charge < -0.3 is 16.4 Å². The number of hydrogen-bond acceptors (Lipinski definition) is 4. The van der Waals surface area contributed by atoms with Crippen LogP contribution in [-0.2, 0) is 14.4 Å². The monoisotopic (exact) mass is 309 g/mol. The van der Waals surface area contributed by atoms with Gasteiger partial charge in [-0.05, 0) is 32.6 Å². The molecule has 2 aliphatic rings. The average molecular weight is 309 g/mol. The second kappa shape index (κ2) is 7.22. The molecule has 0 aromatic heterocycles. The summed E-state index contributed by atoms with van der Waals surface area (Å²) in [5.74, 6) is -1.52. The lowest BCUT2D eigenvalue weighted by atomic mass is 9.81. The van der Waals surface area contributed by atoms with Gasteiger partial charge in [0.05, 0.1) is 11.6 Å². The van der Waals surface area contributed by atoms with Gasteiger partial charge in [0, 0.05) is 6.04 Å². The van der Waals surface area contributed by atoms with E-state index in [9.17, 15) is 14.4 Å². The van der Waals surface area contributed by atoms with Gasteiger partial charge in [0.25, 0.3) is 5.91 Å². The van der Waals surface area contributed by atoms with Crippen LogP contribution in [0.15, 0.2) is 0 Å². The van der Waals surface area contributed by atoms with Crippen molar-refractivity contribution in [1.29, 1.82) is 0 Å². The Hall–Kier alpha value is -1.43. The van der Waals surface area contributed by atoms with Gasteiger partial charge in [0.15, 0.2) is 0 Å². The number of ketones is 1. The molecule has 22 heavy (non-hydrogen) atoms. The van der Waals surface area contributed by atoms with Gasteiger partial charge in [-0.1, -0.05) is 32.1 Å². The Morgan fingerprint density at radius 3 is 2.23 bits per heavy atom. The van der Waals surface area contributed by atoms with Crippen LogP contribution in [0.25, 0.3) is 0 Å². The number of nitrogens with one attached hydrogen (secondary N) is 2. The highest BCUT2D eigenvalue weighted by atomic mass is 16.2. The quantitative estimate of drug-likeness (QED) is 0.653. The zero-order valence-corrected chi connectivity index (χ0v) is 13.3. The molecule has 0 aromatic carbocycles. The molecule has 6 heteroatoms. The van der Waals surface area contributed by atoms with E-state index in [4.69, 9.17) is 5.73 Å². The third-order valence-electron chi connectivity index (χ3n) is 4.85. The standard InChI is InChI=1S/C16H27N3O3/c1-11(13(20)14(21)19-12-7-3-4-8-12)18-15(22)16(17)9-5-2-6-10-16/h11-12H,2-10,17H2,1H3,(H,18,22)(H,19,21)/t11-/m0/s1. The van der Waals surface area contributed by atoms with E-state index in [-0.39, 0.29) is 11.9 Å². The maximum Gasteiger partial charge on any atom is 0.289 e. The van der Waals surface area contributed by atoms with Gasteiger partial charge in [0.1, 0.15) is 0 Å². The first-order chi connectivity index (χ1) is 10.4. The molecule has 2 saturated carbocycles. The summed E-state index contributed by atoms with van der Waals surface area (Å²) < 4.78 is 0. The van der Waals surface area contributed by atoms with E-state index in [1.54, 1.807) is 6.92 Å². The van der Waals surface area contributed by atoms with Gasteiger partial charge in [-0.2, -0.15) is 0 Å². The minimum Gasteiger partial charge on any atom is -0.347 e. The molecule has 0 radical (unpaired) electrons. The number of carbonyl (C=O) groups excluding carboxylic acids is 3. The Labute approximate surface area is 131 Å². The topological polar surface area (TPSA) is 101 Å². The van der Waals surface area contributed by atoms with Crippen molar-refractivity contribution in [3.63, 3.8) is 0 Å². The number of amides is 2. The van der Waals surface area contributed by atoms with Crippen molar-refractivity contribution in [1.82, 2.24) is 10.6 Å². The van der Waals surface area contributed by atoms with Crippen molar-refractivity contribution >= 4 is 17.6 Å².